The van der Waals surface area contributed by atoms with E-state index in [1.165, 1.54) is 30.3 Å². The van der Waals surface area contributed by atoms with Crippen molar-refractivity contribution in [2.45, 2.75) is 24.4 Å². The van der Waals surface area contributed by atoms with Crippen LogP contribution in [-0.2, 0) is 17.4 Å². The third-order valence-corrected chi connectivity index (χ3v) is 7.09. The van der Waals surface area contributed by atoms with Crippen molar-refractivity contribution in [2.75, 3.05) is 11.1 Å². The first-order valence-electron chi connectivity index (χ1n) is 11.1. The molecule has 0 atom stereocenters. The summed E-state index contributed by atoms with van der Waals surface area (Å²) in [4.78, 5) is 31.3. The first-order chi connectivity index (χ1) is 17.6. The average molecular weight is 545 g/mol. The van der Waals surface area contributed by atoms with Gasteiger partial charge in [-0.15, -0.1) is 11.8 Å². The van der Waals surface area contributed by atoms with Crippen LogP contribution in [0.5, 0.6) is 0 Å². The summed E-state index contributed by atoms with van der Waals surface area (Å²) in [5, 5.41) is 2.69. The van der Waals surface area contributed by atoms with E-state index in [-0.39, 0.29) is 33.3 Å². The van der Waals surface area contributed by atoms with Crippen LogP contribution in [-0.4, -0.2) is 22.4 Å². The molecule has 4 nitrogen and oxygen atoms in total. The lowest BCUT2D eigenvalue weighted by atomic mass is 10.0. The number of ketones is 1. The van der Waals surface area contributed by atoms with E-state index in [0.717, 1.165) is 45.7 Å². The molecule has 4 aromatic rings. The molecule has 3 aromatic carbocycles. The van der Waals surface area contributed by atoms with Gasteiger partial charge in [0.1, 0.15) is 10.7 Å². The van der Waals surface area contributed by atoms with E-state index in [0.29, 0.717) is 0 Å². The lowest BCUT2D eigenvalue weighted by Crippen LogP contribution is -2.14. The van der Waals surface area contributed by atoms with Crippen LogP contribution < -0.4 is 5.32 Å². The summed E-state index contributed by atoms with van der Waals surface area (Å²) in [7, 11) is 0. The van der Waals surface area contributed by atoms with Gasteiger partial charge in [0.15, 0.2) is 5.13 Å². The van der Waals surface area contributed by atoms with Crippen molar-refractivity contribution in [2.24, 2.45) is 0 Å². The summed E-state index contributed by atoms with van der Waals surface area (Å²) < 4.78 is 53.7. The van der Waals surface area contributed by atoms with Gasteiger partial charge in [0, 0.05) is 16.0 Å². The topological polar surface area (TPSA) is 59.1 Å². The third-order valence-electron chi connectivity index (χ3n) is 5.23. The van der Waals surface area contributed by atoms with Gasteiger partial charge in [-0.05, 0) is 47.7 Å². The molecule has 190 valence electrons. The number of hydrogen-bond donors (Lipinski definition) is 1. The monoisotopic (exact) mass is 544 g/mol. The summed E-state index contributed by atoms with van der Waals surface area (Å²) in [5.41, 5.74) is -0.0992. The number of nitrogens with one attached hydrogen (secondary N) is 1. The second-order valence-corrected chi connectivity index (χ2v) is 10.3. The van der Waals surface area contributed by atoms with Gasteiger partial charge in [0.25, 0.3) is 0 Å². The van der Waals surface area contributed by atoms with Crippen LogP contribution in [0.15, 0.2) is 77.7 Å². The van der Waals surface area contributed by atoms with Crippen LogP contribution in [0.4, 0.5) is 22.7 Å². The van der Waals surface area contributed by atoms with Gasteiger partial charge in [-0.25, -0.2) is 9.37 Å². The molecule has 0 aliphatic rings. The number of thioether (sulfide) groups is 1. The van der Waals surface area contributed by atoms with Crippen molar-refractivity contribution >= 4 is 39.9 Å². The number of anilines is 1. The first kappa shape index (κ1) is 26.6. The highest BCUT2D eigenvalue weighted by Gasteiger charge is 2.31. The summed E-state index contributed by atoms with van der Waals surface area (Å²) in [6, 6.07) is 16.9. The Bertz CT molecular complexity index is 1430. The number of rotatable bonds is 8. The van der Waals surface area contributed by atoms with Crippen LogP contribution >= 0.6 is 23.1 Å². The Labute approximate surface area is 218 Å². The normalized spacial score (nSPS) is 11.4. The minimum absolute atomic E-state index is 0.0128. The Morgan fingerprint density at radius 3 is 2.41 bits per heavy atom. The van der Waals surface area contributed by atoms with Crippen molar-refractivity contribution in [3.05, 3.63) is 100 Å². The molecule has 1 heterocycles. The molecule has 0 saturated carbocycles. The number of benzene rings is 3. The lowest BCUT2D eigenvalue weighted by Gasteiger charge is -2.08. The molecule has 1 amide bonds. The SMILES string of the molecule is CCSc1ccc(CC(=O)Nc2nc(-c3cccc(C(F)(F)F)c3)c(C(=O)c3cccc(F)c3)s2)cc1. The highest BCUT2D eigenvalue weighted by Crippen LogP contribution is 2.36. The number of aromatic nitrogens is 1. The molecule has 0 radical (unpaired) electrons. The Kier molecular flexibility index (Phi) is 8.09. The number of halogens is 4. The summed E-state index contributed by atoms with van der Waals surface area (Å²) in [6.45, 7) is 2.04. The maximum Gasteiger partial charge on any atom is 0.416 e. The Hall–Kier alpha value is -3.50. The Balaban J connectivity index is 1.65. The number of carbonyl (C=O) groups excluding carboxylic acids is 2. The van der Waals surface area contributed by atoms with Crippen LogP contribution in [0.25, 0.3) is 11.3 Å². The maximum absolute atomic E-state index is 13.8. The molecule has 0 unspecified atom stereocenters. The summed E-state index contributed by atoms with van der Waals surface area (Å²) in [5.74, 6) is -0.721. The third kappa shape index (κ3) is 6.64. The van der Waals surface area contributed by atoms with Gasteiger partial charge >= 0.3 is 6.18 Å². The standard InChI is InChI=1S/C27H20F4N2O2S2/c1-2-36-21-11-9-16(10-12-21)13-22(34)32-26-33-23(17-5-3-7-19(14-17)27(29,30)31)25(37-26)24(35)18-6-4-8-20(28)15-18/h3-12,14-15H,2,13H2,1H3,(H,32,33,34). The molecule has 1 N–H and O–H groups in total. The van der Waals surface area contributed by atoms with Crippen LogP contribution in [0.1, 0.15) is 33.3 Å². The van der Waals surface area contributed by atoms with Gasteiger partial charge in [0.2, 0.25) is 11.7 Å². The zero-order chi connectivity index (χ0) is 26.6. The number of hydrogen-bond acceptors (Lipinski definition) is 5. The van der Waals surface area contributed by atoms with Gasteiger partial charge in [-0.3, -0.25) is 9.59 Å². The van der Waals surface area contributed by atoms with Crippen molar-refractivity contribution in [3.63, 3.8) is 0 Å². The predicted molar refractivity (Wildman–Crippen MR) is 138 cm³/mol. The van der Waals surface area contributed by atoms with Crippen molar-refractivity contribution in [1.82, 2.24) is 4.98 Å². The highest BCUT2D eigenvalue weighted by atomic mass is 32.2. The van der Waals surface area contributed by atoms with Crippen LogP contribution in [0.3, 0.4) is 0 Å². The number of amides is 1. The molecular weight excluding hydrogens is 524 g/mol. The fourth-order valence-electron chi connectivity index (χ4n) is 3.55. The van der Waals surface area contributed by atoms with E-state index < -0.39 is 29.2 Å². The van der Waals surface area contributed by atoms with Crippen molar-refractivity contribution < 1.29 is 27.2 Å². The smallest absolute Gasteiger partial charge is 0.302 e. The maximum atomic E-state index is 13.8. The van der Waals surface area contributed by atoms with Crippen LogP contribution in [0.2, 0.25) is 0 Å². The fraction of sp³-hybridized carbons (Fsp3) is 0.148. The molecule has 1 aromatic heterocycles. The average Bonchev–Trinajstić information content (AvgIpc) is 3.28. The van der Waals surface area contributed by atoms with E-state index in [2.05, 4.69) is 10.3 Å². The Morgan fingerprint density at radius 2 is 1.73 bits per heavy atom. The zero-order valence-corrected chi connectivity index (χ0v) is 21.1. The Morgan fingerprint density at radius 1 is 1.00 bits per heavy atom. The van der Waals surface area contributed by atoms with E-state index in [1.54, 1.807) is 11.8 Å². The van der Waals surface area contributed by atoms with E-state index in [9.17, 15) is 27.2 Å². The number of nitrogens with zero attached hydrogens (tertiary/aromatic N) is 1. The molecule has 0 saturated heterocycles. The predicted octanol–water partition coefficient (Wildman–Crippen LogP) is 7.49. The molecule has 37 heavy (non-hydrogen) atoms. The molecular formula is C27H20F4N2O2S2. The van der Waals surface area contributed by atoms with Gasteiger partial charge in [-0.2, -0.15) is 13.2 Å². The quantitative estimate of drug-likeness (QED) is 0.142. The molecule has 0 aliphatic carbocycles. The molecule has 0 spiro atoms. The van der Waals surface area contributed by atoms with Crippen LogP contribution in [0, 0.1) is 5.82 Å². The largest absolute Gasteiger partial charge is 0.416 e. The second-order valence-electron chi connectivity index (χ2n) is 7.92. The van der Waals surface area contributed by atoms with E-state index >= 15 is 0 Å². The number of thiazole rings is 1. The van der Waals surface area contributed by atoms with E-state index in [1.807, 2.05) is 31.2 Å². The van der Waals surface area contributed by atoms with Crippen molar-refractivity contribution in [3.8, 4) is 11.3 Å². The molecule has 4 rings (SSSR count). The van der Waals surface area contributed by atoms with Gasteiger partial charge < -0.3 is 5.32 Å². The molecule has 0 fully saturated rings. The van der Waals surface area contributed by atoms with Gasteiger partial charge in [-0.1, -0.05) is 54.7 Å². The number of carbonyl (C=O) groups is 2. The number of alkyl halides is 3. The first-order valence-corrected chi connectivity index (χ1v) is 12.9. The zero-order valence-electron chi connectivity index (χ0n) is 19.4. The van der Waals surface area contributed by atoms with E-state index in [4.69, 9.17) is 0 Å². The van der Waals surface area contributed by atoms with Gasteiger partial charge in [0.05, 0.1) is 17.7 Å². The highest BCUT2D eigenvalue weighted by molar-refractivity contribution is 7.99. The molecule has 0 bridgehead atoms. The minimum atomic E-state index is -4.60. The molecule has 10 heteroatoms. The molecule has 0 aliphatic heterocycles. The fourth-order valence-corrected chi connectivity index (χ4v) is 5.17. The van der Waals surface area contributed by atoms with Crippen molar-refractivity contribution in [1.29, 1.82) is 0 Å². The second kappa shape index (κ2) is 11.3. The lowest BCUT2D eigenvalue weighted by molar-refractivity contribution is -0.137. The minimum Gasteiger partial charge on any atom is -0.302 e. The summed E-state index contributed by atoms with van der Waals surface area (Å²) >= 11 is 2.50. The summed E-state index contributed by atoms with van der Waals surface area (Å²) in [6.07, 6.45) is -4.55.